The molecule has 0 saturated carbocycles. The van der Waals surface area contributed by atoms with Gasteiger partial charge in [0.05, 0.1) is 10.0 Å². The van der Waals surface area contributed by atoms with Gasteiger partial charge >= 0.3 is 5.97 Å². The lowest BCUT2D eigenvalue weighted by molar-refractivity contribution is 0.0696. The molecule has 0 unspecified atom stereocenters. The number of rotatable bonds is 4. The smallest absolute Gasteiger partial charge is 0.335 e. The molecule has 0 aliphatic heterocycles. The fraction of sp³-hybridized carbons (Fsp3) is 0.0714. The Kier molecular flexibility index (Phi) is 4.16. The quantitative estimate of drug-likeness (QED) is 0.928. The van der Waals surface area contributed by atoms with E-state index in [1.807, 2.05) is 0 Å². The number of carboxylic acids is 1. The molecule has 0 aromatic heterocycles. The average molecular weight is 325 g/mol. The third kappa shape index (κ3) is 3.54. The Bertz CT molecular complexity index is 596. The summed E-state index contributed by atoms with van der Waals surface area (Å²) in [5.41, 5.74) is 1.01. The second-order valence-corrected chi connectivity index (χ2v) is 4.72. The number of carboxylic acid groups (broad SMARTS) is 1. The van der Waals surface area contributed by atoms with Crippen LogP contribution < -0.4 is 4.74 Å². The maximum absolute atomic E-state index is 12.7. The van der Waals surface area contributed by atoms with E-state index in [1.165, 1.54) is 24.3 Å². The van der Waals surface area contributed by atoms with Crippen LogP contribution in [0.4, 0.5) is 4.39 Å². The number of halogens is 2. The molecule has 0 spiro atoms. The zero-order chi connectivity index (χ0) is 13.8. The van der Waals surface area contributed by atoms with Crippen LogP contribution in [0, 0.1) is 5.82 Å². The van der Waals surface area contributed by atoms with Gasteiger partial charge in [0.2, 0.25) is 0 Å². The van der Waals surface area contributed by atoms with Crippen molar-refractivity contribution in [1.29, 1.82) is 0 Å². The summed E-state index contributed by atoms with van der Waals surface area (Å²) in [7, 11) is 0. The van der Waals surface area contributed by atoms with E-state index < -0.39 is 5.97 Å². The summed E-state index contributed by atoms with van der Waals surface area (Å²) in [6.07, 6.45) is 0. The molecular weight excluding hydrogens is 315 g/mol. The highest BCUT2D eigenvalue weighted by molar-refractivity contribution is 9.10. The molecule has 0 aliphatic rings. The number of hydrogen-bond acceptors (Lipinski definition) is 2. The van der Waals surface area contributed by atoms with Gasteiger partial charge in [-0.25, -0.2) is 9.18 Å². The van der Waals surface area contributed by atoms with Gasteiger partial charge in [-0.05, 0) is 51.8 Å². The Morgan fingerprint density at radius 1 is 1.21 bits per heavy atom. The molecule has 0 bridgehead atoms. The van der Waals surface area contributed by atoms with Crippen molar-refractivity contribution >= 4 is 21.9 Å². The van der Waals surface area contributed by atoms with Crippen LogP contribution in [0.2, 0.25) is 0 Å². The fourth-order valence-corrected chi connectivity index (χ4v) is 1.99. The monoisotopic (exact) mass is 324 g/mol. The summed E-state index contributed by atoms with van der Waals surface area (Å²) in [6, 6.07) is 10.5. The van der Waals surface area contributed by atoms with Gasteiger partial charge in [-0.1, -0.05) is 12.1 Å². The zero-order valence-corrected chi connectivity index (χ0v) is 11.4. The van der Waals surface area contributed by atoms with Gasteiger partial charge < -0.3 is 9.84 Å². The van der Waals surface area contributed by atoms with E-state index in [2.05, 4.69) is 15.9 Å². The van der Waals surface area contributed by atoms with Crippen LogP contribution in [0.3, 0.4) is 0 Å². The van der Waals surface area contributed by atoms with Crippen molar-refractivity contribution in [2.75, 3.05) is 0 Å². The third-order valence-corrected chi connectivity index (χ3v) is 3.11. The highest BCUT2D eigenvalue weighted by Gasteiger charge is 2.07. The lowest BCUT2D eigenvalue weighted by Crippen LogP contribution is -1.99. The maximum Gasteiger partial charge on any atom is 0.335 e. The summed E-state index contributed by atoms with van der Waals surface area (Å²) in [6.45, 7) is 0.283. The molecule has 2 aromatic carbocycles. The van der Waals surface area contributed by atoms with Crippen molar-refractivity contribution in [3.05, 3.63) is 63.9 Å². The van der Waals surface area contributed by atoms with Crippen LogP contribution in [0.15, 0.2) is 46.9 Å². The molecule has 0 aliphatic carbocycles. The van der Waals surface area contributed by atoms with Crippen molar-refractivity contribution < 1.29 is 19.0 Å². The number of hydrogen-bond donors (Lipinski definition) is 1. The molecular formula is C14H10BrFO3. The summed E-state index contributed by atoms with van der Waals surface area (Å²) in [5, 5.41) is 8.84. The lowest BCUT2D eigenvalue weighted by atomic mass is 10.2. The molecule has 0 radical (unpaired) electrons. The normalized spacial score (nSPS) is 10.2. The molecule has 0 saturated heterocycles. The first-order chi connectivity index (χ1) is 9.06. The standard InChI is InChI=1S/C14H10BrFO3/c15-12-7-10(14(17)18)3-6-13(12)19-8-9-1-4-11(16)5-2-9/h1-7H,8H2,(H,17,18). The van der Waals surface area contributed by atoms with Gasteiger partial charge in [-0.3, -0.25) is 0 Å². The number of benzene rings is 2. The second-order valence-electron chi connectivity index (χ2n) is 3.87. The molecule has 98 valence electrons. The predicted molar refractivity (Wildman–Crippen MR) is 71.8 cm³/mol. The minimum absolute atomic E-state index is 0.181. The number of ether oxygens (including phenoxy) is 1. The molecule has 3 nitrogen and oxygen atoms in total. The van der Waals surface area contributed by atoms with Gasteiger partial charge in [0.25, 0.3) is 0 Å². The minimum Gasteiger partial charge on any atom is -0.488 e. The summed E-state index contributed by atoms with van der Waals surface area (Å²) >= 11 is 3.25. The molecule has 0 heterocycles. The Hall–Kier alpha value is -1.88. The van der Waals surface area contributed by atoms with Gasteiger partial charge in [0.1, 0.15) is 18.2 Å². The molecule has 0 amide bonds. The largest absolute Gasteiger partial charge is 0.488 e. The molecule has 2 aromatic rings. The SMILES string of the molecule is O=C(O)c1ccc(OCc2ccc(F)cc2)c(Br)c1. The zero-order valence-electron chi connectivity index (χ0n) is 9.77. The van der Waals surface area contributed by atoms with Crippen molar-refractivity contribution in [3.63, 3.8) is 0 Å². The van der Waals surface area contributed by atoms with Gasteiger partial charge in [0, 0.05) is 0 Å². The van der Waals surface area contributed by atoms with Crippen molar-refractivity contribution in [1.82, 2.24) is 0 Å². The Labute approximate surface area is 117 Å². The van der Waals surface area contributed by atoms with E-state index in [0.29, 0.717) is 10.2 Å². The predicted octanol–water partition coefficient (Wildman–Crippen LogP) is 3.87. The summed E-state index contributed by atoms with van der Waals surface area (Å²) in [4.78, 5) is 10.8. The van der Waals surface area contributed by atoms with Gasteiger partial charge in [-0.15, -0.1) is 0 Å². The van der Waals surface area contributed by atoms with Gasteiger partial charge in [-0.2, -0.15) is 0 Å². The van der Waals surface area contributed by atoms with Gasteiger partial charge in [0.15, 0.2) is 0 Å². The van der Waals surface area contributed by atoms with Crippen molar-refractivity contribution in [2.24, 2.45) is 0 Å². The molecule has 2 rings (SSSR count). The average Bonchev–Trinajstić information content (AvgIpc) is 2.39. The molecule has 5 heteroatoms. The van der Waals surface area contributed by atoms with Crippen LogP contribution in [-0.4, -0.2) is 11.1 Å². The van der Waals surface area contributed by atoms with E-state index in [0.717, 1.165) is 5.56 Å². The van der Waals surface area contributed by atoms with E-state index in [-0.39, 0.29) is 18.0 Å². The highest BCUT2D eigenvalue weighted by atomic mass is 79.9. The van der Waals surface area contributed by atoms with E-state index in [4.69, 9.17) is 9.84 Å². The van der Waals surface area contributed by atoms with Crippen LogP contribution in [-0.2, 0) is 6.61 Å². The maximum atomic E-state index is 12.7. The summed E-state index contributed by atoms with van der Waals surface area (Å²) < 4.78 is 18.8. The van der Waals surface area contributed by atoms with E-state index in [9.17, 15) is 9.18 Å². The van der Waals surface area contributed by atoms with Crippen LogP contribution in [0.1, 0.15) is 15.9 Å². The van der Waals surface area contributed by atoms with Crippen molar-refractivity contribution in [2.45, 2.75) is 6.61 Å². The molecule has 0 atom stereocenters. The Morgan fingerprint density at radius 2 is 1.89 bits per heavy atom. The number of carbonyl (C=O) groups is 1. The van der Waals surface area contributed by atoms with Crippen LogP contribution >= 0.6 is 15.9 Å². The van der Waals surface area contributed by atoms with Crippen molar-refractivity contribution in [3.8, 4) is 5.75 Å². The lowest BCUT2D eigenvalue weighted by Gasteiger charge is -2.08. The molecule has 1 N–H and O–H groups in total. The fourth-order valence-electron chi connectivity index (χ4n) is 1.49. The first-order valence-electron chi connectivity index (χ1n) is 5.46. The Morgan fingerprint density at radius 3 is 2.47 bits per heavy atom. The Balaban J connectivity index is 2.07. The first kappa shape index (κ1) is 13.5. The topological polar surface area (TPSA) is 46.5 Å². The molecule has 19 heavy (non-hydrogen) atoms. The number of aromatic carboxylic acids is 1. The van der Waals surface area contributed by atoms with E-state index in [1.54, 1.807) is 18.2 Å². The second kappa shape index (κ2) is 5.84. The molecule has 0 fully saturated rings. The van der Waals surface area contributed by atoms with E-state index >= 15 is 0 Å². The summed E-state index contributed by atoms with van der Waals surface area (Å²) in [5.74, 6) is -0.754. The highest BCUT2D eigenvalue weighted by Crippen LogP contribution is 2.26. The minimum atomic E-state index is -0.995. The van der Waals surface area contributed by atoms with Crippen LogP contribution in [0.5, 0.6) is 5.75 Å². The third-order valence-electron chi connectivity index (χ3n) is 2.49. The first-order valence-corrected chi connectivity index (χ1v) is 6.25. The van der Waals surface area contributed by atoms with Crippen LogP contribution in [0.25, 0.3) is 0 Å².